The lowest BCUT2D eigenvalue weighted by Gasteiger charge is -2.33. The van der Waals surface area contributed by atoms with Crippen molar-refractivity contribution >= 4 is 23.2 Å². The minimum Gasteiger partial charge on any atom is -0.310 e. The molecule has 0 aromatic heterocycles. The van der Waals surface area contributed by atoms with Gasteiger partial charge in [0.15, 0.2) is 0 Å². The van der Waals surface area contributed by atoms with Crippen molar-refractivity contribution < 1.29 is 4.79 Å². The summed E-state index contributed by atoms with van der Waals surface area (Å²) in [5.74, 6) is -0.0136. The summed E-state index contributed by atoms with van der Waals surface area (Å²) < 4.78 is 0. The standard InChI is InChI=1S/C30H26ClNO/c1-23(33)32(28-20-12-11-19-27(28)31)22-29(24-13-5-2-6-14-24)21-30(29,25-15-7-3-8-16-25)26-17-9-4-10-18-26/h2-20H,21-22H2,1H3. The predicted molar refractivity (Wildman–Crippen MR) is 136 cm³/mol. The van der Waals surface area contributed by atoms with Gasteiger partial charge in [-0.15, -0.1) is 0 Å². The monoisotopic (exact) mass is 451 g/mol. The molecular weight excluding hydrogens is 426 g/mol. The minimum absolute atomic E-state index is 0.0136. The molecule has 5 rings (SSSR count). The van der Waals surface area contributed by atoms with E-state index in [2.05, 4.69) is 84.9 Å². The molecule has 0 heterocycles. The van der Waals surface area contributed by atoms with Gasteiger partial charge in [0.2, 0.25) is 5.91 Å². The number of para-hydroxylation sites is 1. The number of carbonyl (C=O) groups is 1. The van der Waals surface area contributed by atoms with Gasteiger partial charge in [0, 0.05) is 24.3 Å². The molecule has 1 aliphatic rings. The van der Waals surface area contributed by atoms with Gasteiger partial charge in [-0.1, -0.05) is 115 Å². The molecule has 0 radical (unpaired) electrons. The van der Waals surface area contributed by atoms with Crippen molar-refractivity contribution in [1.82, 2.24) is 0 Å². The first-order chi connectivity index (χ1) is 16.1. The van der Waals surface area contributed by atoms with Gasteiger partial charge in [-0.3, -0.25) is 4.79 Å². The Kier molecular flexibility index (Phi) is 5.55. The van der Waals surface area contributed by atoms with Crippen LogP contribution in [0.4, 0.5) is 5.69 Å². The molecule has 4 aromatic carbocycles. The van der Waals surface area contributed by atoms with Crippen LogP contribution >= 0.6 is 11.6 Å². The Morgan fingerprint density at radius 2 is 1.18 bits per heavy atom. The number of benzene rings is 4. The molecule has 33 heavy (non-hydrogen) atoms. The Morgan fingerprint density at radius 3 is 1.67 bits per heavy atom. The first kappa shape index (κ1) is 21.5. The summed E-state index contributed by atoms with van der Waals surface area (Å²) in [6.07, 6.45) is 0.909. The number of anilines is 1. The van der Waals surface area contributed by atoms with Crippen LogP contribution in [-0.4, -0.2) is 12.5 Å². The average Bonchev–Trinajstić information content (AvgIpc) is 3.56. The summed E-state index contributed by atoms with van der Waals surface area (Å²) in [6, 6.07) is 39.6. The quantitative estimate of drug-likeness (QED) is 0.308. The molecule has 0 N–H and O–H groups in total. The van der Waals surface area contributed by atoms with E-state index in [-0.39, 0.29) is 16.7 Å². The number of nitrogens with zero attached hydrogens (tertiary/aromatic N) is 1. The molecule has 0 aliphatic heterocycles. The molecule has 1 atom stereocenters. The third-order valence-electron chi connectivity index (χ3n) is 7.07. The molecule has 1 amide bonds. The minimum atomic E-state index is -0.290. The molecular formula is C30H26ClNO. The van der Waals surface area contributed by atoms with Crippen molar-refractivity contribution in [1.29, 1.82) is 0 Å². The van der Waals surface area contributed by atoms with E-state index in [0.29, 0.717) is 11.6 Å². The predicted octanol–water partition coefficient (Wildman–Crippen LogP) is 7.02. The zero-order chi connectivity index (χ0) is 22.9. The molecule has 0 spiro atoms. The molecule has 0 bridgehead atoms. The lowest BCUT2D eigenvalue weighted by Crippen LogP contribution is -2.40. The second-order valence-corrected chi connectivity index (χ2v) is 9.23. The van der Waals surface area contributed by atoms with Gasteiger partial charge in [0.1, 0.15) is 0 Å². The van der Waals surface area contributed by atoms with E-state index < -0.39 is 0 Å². The highest BCUT2D eigenvalue weighted by Crippen LogP contribution is 2.69. The summed E-state index contributed by atoms with van der Waals surface area (Å²) >= 11 is 6.57. The Morgan fingerprint density at radius 1 is 0.727 bits per heavy atom. The van der Waals surface area contributed by atoms with Crippen LogP contribution in [0, 0.1) is 0 Å². The Balaban J connectivity index is 1.72. The fourth-order valence-corrected chi connectivity index (χ4v) is 5.71. The summed E-state index contributed by atoms with van der Waals surface area (Å²) in [4.78, 5) is 14.8. The fourth-order valence-electron chi connectivity index (χ4n) is 5.47. The number of halogens is 1. The molecule has 1 saturated carbocycles. The molecule has 2 nitrogen and oxygen atoms in total. The first-order valence-electron chi connectivity index (χ1n) is 11.3. The maximum absolute atomic E-state index is 13.0. The largest absolute Gasteiger partial charge is 0.310 e. The Labute approximate surface area is 200 Å². The smallest absolute Gasteiger partial charge is 0.223 e. The SMILES string of the molecule is CC(=O)N(CC1(c2ccccc2)CC1(c1ccccc1)c1ccccc1)c1ccccc1Cl. The lowest BCUT2D eigenvalue weighted by molar-refractivity contribution is -0.116. The lowest BCUT2D eigenvalue weighted by atomic mass is 9.76. The number of carbonyl (C=O) groups excluding carboxylic acids is 1. The van der Waals surface area contributed by atoms with Crippen LogP contribution in [0.25, 0.3) is 0 Å². The van der Waals surface area contributed by atoms with Gasteiger partial charge in [-0.2, -0.15) is 0 Å². The van der Waals surface area contributed by atoms with Crippen LogP contribution in [-0.2, 0) is 15.6 Å². The van der Waals surface area contributed by atoms with Gasteiger partial charge in [-0.25, -0.2) is 0 Å². The Hall–Kier alpha value is -3.36. The summed E-state index contributed by atoms with van der Waals surface area (Å²) in [6.45, 7) is 2.16. The second-order valence-electron chi connectivity index (χ2n) is 8.82. The van der Waals surface area contributed by atoms with Gasteiger partial charge in [-0.05, 0) is 35.2 Å². The normalized spacial score (nSPS) is 18.5. The van der Waals surface area contributed by atoms with Gasteiger partial charge in [0.05, 0.1) is 10.7 Å². The van der Waals surface area contributed by atoms with Crippen LogP contribution in [0.3, 0.4) is 0 Å². The van der Waals surface area contributed by atoms with Crippen molar-refractivity contribution in [2.24, 2.45) is 0 Å². The number of hydrogen-bond donors (Lipinski definition) is 0. The zero-order valence-corrected chi connectivity index (χ0v) is 19.4. The van der Waals surface area contributed by atoms with Crippen LogP contribution in [0.15, 0.2) is 115 Å². The van der Waals surface area contributed by atoms with Gasteiger partial charge >= 0.3 is 0 Å². The molecule has 1 fully saturated rings. The van der Waals surface area contributed by atoms with Crippen LogP contribution < -0.4 is 4.90 Å². The highest BCUT2D eigenvalue weighted by Gasteiger charge is 2.70. The molecule has 4 aromatic rings. The second kappa shape index (κ2) is 8.53. The van der Waals surface area contributed by atoms with Crippen molar-refractivity contribution in [3.05, 3.63) is 137 Å². The van der Waals surface area contributed by atoms with E-state index in [1.165, 1.54) is 16.7 Å². The highest BCUT2D eigenvalue weighted by molar-refractivity contribution is 6.33. The first-order valence-corrected chi connectivity index (χ1v) is 11.7. The number of rotatable bonds is 6. The zero-order valence-electron chi connectivity index (χ0n) is 18.6. The van der Waals surface area contributed by atoms with E-state index in [1.54, 1.807) is 6.92 Å². The third kappa shape index (κ3) is 3.55. The van der Waals surface area contributed by atoms with Crippen LogP contribution in [0.5, 0.6) is 0 Å². The molecule has 3 heteroatoms. The number of amides is 1. The van der Waals surface area contributed by atoms with Crippen molar-refractivity contribution in [2.75, 3.05) is 11.4 Å². The van der Waals surface area contributed by atoms with E-state index >= 15 is 0 Å². The van der Waals surface area contributed by atoms with Crippen molar-refractivity contribution in [2.45, 2.75) is 24.2 Å². The molecule has 0 saturated heterocycles. The van der Waals surface area contributed by atoms with Crippen LogP contribution in [0.2, 0.25) is 5.02 Å². The maximum Gasteiger partial charge on any atom is 0.223 e. The Bertz CT molecular complexity index is 1220. The summed E-state index contributed by atoms with van der Waals surface area (Å²) in [7, 11) is 0. The topological polar surface area (TPSA) is 20.3 Å². The highest BCUT2D eigenvalue weighted by atomic mass is 35.5. The molecule has 1 aliphatic carbocycles. The maximum atomic E-state index is 13.0. The number of hydrogen-bond acceptors (Lipinski definition) is 1. The fraction of sp³-hybridized carbons (Fsp3) is 0.167. The van der Waals surface area contributed by atoms with E-state index in [4.69, 9.17) is 11.6 Å². The van der Waals surface area contributed by atoms with Gasteiger partial charge < -0.3 is 4.90 Å². The van der Waals surface area contributed by atoms with Crippen molar-refractivity contribution in [3.63, 3.8) is 0 Å². The van der Waals surface area contributed by atoms with E-state index in [9.17, 15) is 4.79 Å². The van der Waals surface area contributed by atoms with Crippen LogP contribution in [0.1, 0.15) is 30.0 Å². The van der Waals surface area contributed by atoms with Crippen molar-refractivity contribution in [3.8, 4) is 0 Å². The van der Waals surface area contributed by atoms with E-state index in [0.717, 1.165) is 12.1 Å². The van der Waals surface area contributed by atoms with E-state index in [1.807, 2.05) is 35.2 Å². The summed E-state index contributed by atoms with van der Waals surface area (Å²) in [5.41, 5.74) is 3.98. The summed E-state index contributed by atoms with van der Waals surface area (Å²) in [5, 5.41) is 0.585. The third-order valence-corrected chi connectivity index (χ3v) is 7.39. The average molecular weight is 452 g/mol. The molecule has 164 valence electrons. The molecule has 1 unspecified atom stereocenters. The van der Waals surface area contributed by atoms with Gasteiger partial charge in [0.25, 0.3) is 0 Å².